The van der Waals surface area contributed by atoms with Gasteiger partial charge in [-0.2, -0.15) is 0 Å². The number of aromatic nitrogens is 1. The van der Waals surface area contributed by atoms with Gasteiger partial charge in [-0.3, -0.25) is 14.6 Å². The number of hydrogen-bond acceptors (Lipinski definition) is 3. The lowest BCUT2D eigenvalue weighted by molar-refractivity contribution is -0.137. The molecule has 1 saturated carbocycles. The van der Waals surface area contributed by atoms with Crippen molar-refractivity contribution in [2.24, 2.45) is 0 Å². The number of halogens is 1. The van der Waals surface area contributed by atoms with Crippen LogP contribution in [0.3, 0.4) is 0 Å². The number of carboxylic acids is 1. The van der Waals surface area contributed by atoms with Crippen LogP contribution in [0.25, 0.3) is 10.9 Å². The van der Waals surface area contributed by atoms with E-state index in [1.54, 1.807) is 17.2 Å². The summed E-state index contributed by atoms with van der Waals surface area (Å²) < 4.78 is 0.885. The maximum absolute atomic E-state index is 12.8. The van der Waals surface area contributed by atoms with Gasteiger partial charge in [0.2, 0.25) is 0 Å². The maximum atomic E-state index is 12.8. The number of amides is 1. The van der Waals surface area contributed by atoms with Gasteiger partial charge in [-0.15, -0.1) is 0 Å². The maximum Gasteiger partial charge on any atom is 0.305 e. The summed E-state index contributed by atoms with van der Waals surface area (Å²) in [6, 6.07) is 7.47. The van der Waals surface area contributed by atoms with Gasteiger partial charge in [-0.25, -0.2) is 0 Å². The number of fused-ring (bicyclic) bond motifs is 1. The highest BCUT2D eigenvalue weighted by Gasteiger charge is 2.33. The number of carboxylic acid groups (broad SMARTS) is 1. The van der Waals surface area contributed by atoms with Crippen molar-refractivity contribution in [2.45, 2.75) is 25.3 Å². The molecule has 0 atom stereocenters. The van der Waals surface area contributed by atoms with Gasteiger partial charge in [0, 0.05) is 28.6 Å². The highest BCUT2D eigenvalue weighted by molar-refractivity contribution is 9.10. The van der Waals surface area contributed by atoms with E-state index in [1.165, 1.54) is 0 Å². The Hall–Kier alpha value is -1.95. The fourth-order valence-electron chi connectivity index (χ4n) is 2.52. The van der Waals surface area contributed by atoms with E-state index in [0.717, 1.165) is 22.7 Å². The van der Waals surface area contributed by atoms with Crippen LogP contribution in [0.1, 0.15) is 29.6 Å². The first-order valence-corrected chi connectivity index (χ1v) is 7.93. The van der Waals surface area contributed by atoms with Gasteiger partial charge in [-0.05, 0) is 31.0 Å². The van der Waals surface area contributed by atoms with Crippen LogP contribution in [0.2, 0.25) is 0 Å². The van der Waals surface area contributed by atoms with Gasteiger partial charge in [0.25, 0.3) is 5.91 Å². The summed E-state index contributed by atoms with van der Waals surface area (Å²) in [6.45, 7) is 0.239. The van der Waals surface area contributed by atoms with E-state index >= 15 is 0 Å². The first-order chi connectivity index (χ1) is 10.6. The van der Waals surface area contributed by atoms with Gasteiger partial charge in [0.1, 0.15) is 0 Å². The largest absolute Gasteiger partial charge is 0.481 e. The summed E-state index contributed by atoms with van der Waals surface area (Å²) >= 11 is 3.47. The second kappa shape index (κ2) is 6.04. The third kappa shape index (κ3) is 2.97. The quantitative estimate of drug-likeness (QED) is 0.886. The van der Waals surface area contributed by atoms with Crippen LogP contribution in [-0.4, -0.2) is 39.5 Å². The molecule has 1 amide bonds. The molecule has 0 aliphatic heterocycles. The average molecular weight is 363 g/mol. The summed E-state index contributed by atoms with van der Waals surface area (Å²) in [4.78, 5) is 29.6. The molecule has 1 aromatic heterocycles. The molecule has 1 aliphatic rings. The van der Waals surface area contributed by atoms with Crippen molar-refractivity contribution in [1.29, 1.82) is 0 Å². The smallest absolute Gasteiger partial charge is 0.305 e. The fourth-order valence-corrected chi connectivity index (χ4v) is 2.97. The Kier molecular flexibility index (Phi) is 4.11. The van der Waals surface area contributed by atoms with Crippen molar-refractivity contribution in [3.8, 4) is 0 Å². The monoisotopic (exact) mass is 362 g/mol. The lowest BCUT2D eigenvalue weighted by Crippen LogP contribution is -2.35. The van der Waals surface area contributed by atoms with E-state index in [4.69, 9.17) is 5.11 Å². The summed E-state index contributed by atoms with van der Waals surface area (Å²) in [5, 5.41) is 9.75. The van der Waals surface area contributed by atoms with Crippen LogP contribution in [-0.2, 0) is 4.79 Å². The first kappa shape index (κ1) is 15.0. The van der Waals surface area contributed by atoms with E-state index in [-0.39, 0.29) is 24.9 Å². The predicted octanol–water partition coefficient (Wildman–Crippen LogP) is 3.08. The number of hydrogen-bond donors (Lipinski definition) is 1. The lowest BCUT2D eigenvalue weighted by Gasteiger charge is -2.22. The van der Waals surface area contributed by atoms with Gasteiger partial charge in [0.15, 0.2) is 0 Å². The summed E-state index contributed by atoms with van der Waals surface area (Å²) in [5.74, 6) is -1.03. The molecule has 0 saturated heterocycles. The Balaban J connectivity index is 1.96. The molecular formula is C16H15BrN2O3. The molecule has 1 heterocycles. The van der Waals surface area contributed by atoms with Crippen LogP contribution in [0.4, 0.5) is 0 Å². The lowest BCUT2D eigenvalue weighted by atomic mass is 10.1. The zero-order valence-corrected chi connectivity index (χ0v) is 13.4. The SMILES string of the molecule is O=C(O)CCN(C(=O)c1ccc(Br)c2cccnc12)C1CC1. The van der Waals surface area contributed by atoms with Crippen molar-refractivity contribution in [1.82, 2.24) is 9.88 Å². The highest BCUT2D eigenvalue weighted by atomic mass is 79.9. The number of benzene rings is 1. The third-order valence-corrected chi connectivity index (χ3v) is 4.45. The minimum atomic E-state index is -0.891. The molecule has 5 nitrogen and oxygen atoms in total. The molecular weight excluding hydrogens is 348 g/mol. The van der Waals surface area contributed by atoms with Crippen LogP contribution < -0.4 is 0 Å². The number of pyridine rings is 1. The second-order valence-corrected chi connectivity index (χ2v) is 6.22. The van der Waals surface area contributed by atoms with Crippen molar-refractivity contribution in [2.75, 3.05) is 6.54 Å². The van der Waals surface area contributed by atoms with Crippen LogP contribution in [0, 0.1) is 0 Å². The van der Waals surface area contributed by atoms with Gasteiger partial charge in [-0.1, -0.05) is 22.0 Å². The second-order valence-electron chi connectivity index (χ2n) is 5.37. The molecule has 3 rings (SSSR count). The minimum absolute atomic E-state index is 0.0376. The number of carbonyl (C=O) groups excluding carboxylic acids is 1. The summed E-state index contributed by atoms with van der Waals surface area (Å²) in [6.07, 6.45) is 3.49. The van der Waals surface area contributed by atoms with Crippen LogP contribution in [0.5, 0.6) is 0 Å². The molecule has 114 valence electrons. The van der Waals surface area contributed by atoms with E-state index in [1.807, 2.05) is 18.2 Å². The topological polar surface area (TPSA) is 70.5 Å². The Bertz CT molecular complexity index is 743. The first-order valence-electron chi connectivity index (χ1n) is 7.14. The predicted molar refractivity (Wildman–Crippen MR) is 85.8 cm³/mol. The number of rotatable bonds is 5. The van der Waals surface area contributed by atoms with Gasteiger partial charge >= 0.3 is 5.97 Å². The standard InChI is InChI=1S/C16H15BrN2O3/c17-13-6-5-12(15-11(13)2-1-8-18-15)16(22)19(10-3-4-10)9-7-14(20)21/h1-2,5-6,8,10H,3-4,7,9H2,(H,20,21). The molecule has 0 bridgehead atoms. The van der Waals surface area contributed by atoms with E-state index in [0.29, 0.717) is 11.1 Å². The van der Waals surface area contributed by atoms with Crippen molar-refractivity contribution >= 4 is 38.7 Å². The Morgan fingerprint density at radius 2 is 2.09 bits per heavy atom. The molecule has 1 fully saturated rings. The molecule has 22 heavy (non-hydrogen) atoms. The molecule has 6 heteroatoms. The molecule has 1 aliphatic carbocycles. The molecule has 1 aromatic carbocycles. The third-order valence-electron chi connectivity index (χ3n) is 3.76. The van der Waals surface area contributed by atoms with Crippen molar-refractivity contribution < 1.29 is 14.7 Å². The molecule has 2 aromatic rings. The van der Waals surface area contributed by atoms with E-state index in [2.05, 4.69) is 20.9 Å². The normalized spacial score (nSPS) is 14.0. The Labute approximate surface area is 136 Å². The summed E-state index contributed by atoms with van der Waals surface area (Å²) in [7, 11) is 0. The summed E-state index contributed by atoms with van der Waals surface area (Å²) in [5.41, 5.74) is 1.17. The van der Waals surface area contributed by atoms with Crippen LogP contribution in [0.15, 0.2) is 34.9 Å². The van der Waals surface area contributed by atoms with Crippen molar-refractivity contribution in [3.63, 3.8) is 0 Å². The molecule has 0 unspecified atom stereocenters. The van der Waals surface area contributed by atoms with Gasteiger partial charge < -0.3 is 10.0 Å². The zero-order chi connectivity index (χ0) is 15.7. The fraction of sp³-hybridized carbons (Fsp3) is 0.312. The Morgan fingerprint density at radius 3 is 2.77 bits per heavy atom. The number of carbonyl (C=O) groups is 2. The van der Waals surface area contributed by atoms with Crippen LogP contribution >= 0.6 is 15.9 Å². The van der Waals surface area contributed by atoms with Gasteiger partial charge in [0.05, 0.1) is 17.5 Å². The minimum Gasteiger partial charge on any atom is -0.481 e. The molecule has 0 spiro atoms. The Morgan fingerprint density at radius 1 is 1.32 bits per heavy atom. The van der Waals surface area contributed by atoms with E-state index in [9.17, 15) is 9.59 Å². The number of nitrogens with zero attached hydrogens (tertiary/aromatic N) is 2. The molecule has 1 N–H and O–H groups in total. The molecule has 0 radical (unpaired) electrons. The number of aliphatic carboxylic acids is 1. The van der Waals surface area contributed by atoms with Crippen molar-refractivity contribution in [3.05, 3.63) is 40.5 Å². The highest BCUT2D eigenvalue weighted by Crippen LogP contribution is 2.31. The van der Waals surface area contributed by atoms with E-state index < -0.39 is 5.97 Å². The average Bonchev–Trinajstić information content (AvgIpc) is 3.32. The zero-order valence-electron chi connectivity index (χ0n) is 11.8.